The number of aryl methyl sites for hydroxylation is 1. The Balaban J connectivity index is 1.62. The number of nitrogens with one attached hydrogen (secondary N) is 1. The van der Waals surface area contributed by atoms with Crippen molar-refractivity contribution in [1.29, 1.82) is 0 Å². The molecule has 1 aliphatic heterocycles. The minimum absolute atomic E-state index is 0.239. The zero-order valence-corrected chi connectivity index (χ0v) is 21.4. The number of esters is 1. The van der Waals surface area contributed by atoms with Gasteiger partial charge in [0.1, 0.15) is 33.0 Å². The van der Waals surface area contributed by atoms with E-state index in [0.29, 0.717) is 37.8 Å². The lowest BCUT2D eigenvalue weighted by Crippen LogP contribution is -2.78. The summed E-state index contributed by atoms with van der Waals surface area (Å²) in [5.74, 6) is 0.615. The Morgan fingerprint density at radius 3 is 2.81 bits per heavy atom. The van der Waals surface area contributed by atoms with Crippen molar-refractivity contribution in [2.24, 2.45) is 5.18 Å². The molecule has 36 heavy (non-hydrogen) atoms. The molecule has 0 saturated carbocycles. The molecule has 0 fully saturated rings. The molecule has 4 heterocycles. The first-order valence-corrected chi connectivity index (χ1v) is 12.9. The van der Waals surface area contributed by atoms with Crippen LogP contribution in [0.2, 0.25) is 0 Å². The number of thiophene rings is 1. The number of nitroso groups, excluding NO2 is 1. The number of ether oxygens (including phenoxy) is 1. The number of thiazole rings is 1. The van der Waals surface area contributed by atoms with Gasteiger partial charge in [-0.1, -0.05) is 12.1 Å². The first-order chi connectivity index (χ1) is 17.4. The fourth-order valence-electron chi connectivity index (χ4n) is 4.21. The van der Waals surface area contributed by atoms with Crippen LogP contribution in [0.1, 0.15) is 36.1 Å². The van der Waals surface area contributed by atoms with Gasteiger partial charge in [0, 0.05) is 11.6 Å². The maximum absolute atomic E-state index is 13.6. The summed E-state index contributed by atoms with van der Waals surface area (Å²) in [5.41, 5.74) is 2.83. The van der Waals surface area contributed by atoms with E-state index in [-0.39, 0.29) is 12.2 Å². The van der Waals surface area contributed by atoms with E-state index in [2.05, 4.69) is 10.2 Å². The maximum atomic E-state index is 13.6. The highest BCUT2D eigenvalue weighted by Gasteiger charge is 2.39. The Kier molecular flexibility index (Phi) is 6.38. The first kappa shape index (κ1) is 23.8. The number of carbonyl (C=O) groups excluding carboxylic acids is 1. The van der Waals surface area contributed by atoms with E-state index >= 15 is 0 Å². The Morgan fingerprint density at radius 1 is 1.25 bits per heavy atom. The Hall–Kier alpha value is -3.89. The number of hydrogen-bond donors (Lipinski definition) is 1. The molecule has 1 atom stereocenters. The number of fused-ring (bicyclic) bond motifs is 1. The molecule has 1 N–H and O–H groups in total. The van der Waals surface area contributed by atoms with Gasteiger partial charge in [0.05, 0.1) is 11.5 Å². The summed E-state index contributed by atoms with van der Waals surface area (Å²) in [6.45, 7) is 5.73. The second-order valence-corrected chi connectivity index (χ2v) is 10.2. The highest BCUT2D eigenvalue weighted by molar-refractivity contribution is 7.10. The Labute approximate surface area is 213 Å². The van der Waals surface area contributed by atoms with Crippen LogP contribution in [0.4, 0.5) is 5.69 Å². The van der Waals surface area contributed by atoms with E-state index in [1.165, 1.54) is 22.7 Å². The Bertz CT molecular complexity index is 1690. The van der Waals surface area contributed by atoms with Gasteiger partial charge in [0.15, 0.2) is 6.04 Å². The third-order valence-electron chi connectivity index (χ3n) is 5.89. The second-order valence-electron chi connectivity index (χ2n) is 8.19. The van der Waals surface area contributed by atoms with Gasteiger partial charge in [-0.3, -0.25) is 0 Å². The summed E-state index contributed by atoms with van der Waals surface area (Å²) >= 11 is 2.77. The van der Waals surface area contributed by atoms with Crippen LogP contribution in [0.25, 0.3) is 17.4 Å². The number of furan rings is 1. The first-order valence-electron chi connectivity index (χ1n) is 11.2. The fourth-order valence-corrected chi connectivity index (χ4v) is 6.09. The fraction of sp³-hybridized carbons (Fsp3) is 0.192. The third kappa shape index (κ3) is 4.18. The molecule has 0 saturated heterocycles. The number of rotatable bonds is 6. The van der Waals surface area contributed by atoms with E-state index in [1.807, 2.05) is 37.4 Å². The van der Waals surface area contributed by atoms with E-state index in [4.69, 9.17) is 9.15 Å². The van der Waals surface area contributed by atoms with Crippen molar-refractivity contribution < 1.29 is 18.9 Å². The molecular formula is C26H22N3O5S2+. The molecule has 1 aliphatic rings. The molecule has 0 bridgehead atoms. The predicted molar refractivity (Wildman–Crippen MR) is 138 cm³/mol. The van der Waals surface area contributed by atoms with Crippen molar-refractivity contribution in [3.05, 3.63) is 99.9 Å². The van der Waals surface area contributed by atoms with Crippen molar-refractivity contribution in [3.63, 3.8) is 0 Å². The van der Waals surface area contributed by atoms with Gasteiger partial charge in [-0.05, 0) is 78.6 Å². The van der Waals surface area contributed by atoms with Gasteiger partial charge in [-0.2, -0.15) is 4.57 Å². The largest absolute Gasteiger partial charge is 0.462 e. The van der Waals surface area contributed by atoms with E-state index in [0.717, 1.165) is 16.0 Å². The van der Waals surface area contributed by atoms with Crippen molar-refractivity contribution in [1.82, 2.24) is 4.57 Å². The van der Waals surface area contributed by atoms with E-state index in [9.17, 15) is 14.5 Å². The lowest BCUT2D eigenvalue weighted by atomic mass is 10.0. The second kappa shape index (κ2) is 9.63. The van der Waals surface area contributed by atoms with Crippen LogP contribution in [-0.4, -0.2) is 17.1 Å². The summed E-state index contributed by atoms with van der Waals surface area (Å²) < 4.78 is 13.4. The van der Waals surface area contributed by atoms with Crippen LogP contribution >= 0.6 is 22.7 Å². The van der Waals surface area contributed by atoms with Crippen LogP contribution in [-0.2, 0) is 9.53 Å². The normalized spacial score (nSPS) is 15.5. The zero-order valence-electron chi connectivity index (χ0n) is 19.7. The molecule has 0 spiro atoms. The molecule has 10 heteroatoms. The summed E-state index contributed by atoms with van der Waals surface area (Å²) in [5, 5.41) is 4.92. The van der Waals surface area contributed by atoms with Gasteiger partial charge >= 0.3 is 16.3 Å². The van der Waals surface area contributed by atoms with Gasteiger partial charge in [-0.25, -0.2) is 14.6 Å². The highest BCUT2D eigenvalue weighted by Crippen LogP contribution is 2.31. The maximum Gasteiger partial charge on any atom is 0.353 e. The molecule has 0 radical (unpaired) electrons. The van der Waals surface area contributed by atoms with Crippen LogP contribution in [0, 0.1) is 11.8 Å². The van der Waals surface area contributed by atoms with Crippen LogP contribution in [0.15, 0.2) is 73.5 Å². The summed E-state index contributed by atoms with van der Waals surface area (Å²) in [7, 11) is 0. The molecule has 4 aromatic rings. The Morgan fingerprint density at radius 2 is 2.08 bits per heavy atom. The van der Waals surface area contributed by atoms with E-state index in [1.54, 1.807) is 41.8 Å². The van der Waals surface area contributed by atoms with E-state index < -0.39 is 12.0 Å². The van der Waals surface area contributed by atoms with Gasteiger partial charge < -0.3 is 9.15 Å². The average Bonchev–Trinajstić information content (AvgIpc) is 3.61. The summed E-state index contributed by atoms with van der Waals surface area (Å²) in [4.78, 5) is 42.1. The predicted octanol–water partition coefficient (Wildman–Crippen LogP) is 2.91. The molecule has 3 aromatic heterocycles. The number of benzene rings is 1. The molecule has 5 rings (SSSR count). The monoisotopic (exact) mass is 520 g/mol. The minimum atomic E-state index is -0.584. The number of allylic oxidation sites excluding steroid dienone is 1. The topological polar surface area (TPSA) is 105 Å². The number of hydrogen-bond acceptors (Lipinski definition) is 8. The van der Waals surface area contributed by atoms with Gasteiger partial charge in [0.2, 0.25) is 0 Å². The van der Waals surface area contributed by atoms with Crippen LogP contribution in [0.3, 0.4) is 0 Å². The number of nitrogens with zero attached hydrogens (tertiary/aromatic N) is 2. The highest BCUT2D eigenvalue weighted by atomic mass is 32.1. The zero-order chi connectivity index (χ0) is 25.4. The lowest BCUT2D eigenvalue weighted by molar-refractivity contribution is -0.449. The summed E-state index contributed by atoms with van der Waals surface area (Å²) in [6, 6.07) is 11.9. The van der Waals surface area contributed by atoms with Gasteiger partial charge in [0.25, 0.3) is 0 Å². The van der Waals surface area contributed by atoms with Crippen molar-refractivity contribution in [3.8, 4) is 11.3 Å². The smallest absolute Gasteiger partial charge is 0.353 e. The number of aromatic nitrogens is 1. The molecule has 182 valence electrons. The third-order valence-corrected chi connectivity index (χ3v) is 7.81. The standard InChI is InChI=1S/C26H21N3O5S2/c1-4-33-25(31)22-15(3)27-26-29(23(22)20-6-5-11-35-20)24(30)21(36-26)13-17-9-10-19(34-17)18-12-16(28-32)8-7-14(18)2/h5-13,23H,4H2,1-3H3/p+1/b21-13+. The number of carbonyl (C=O) groups is 1. The van der Waals surface area contributed by atoms with Crippen LogP contribution < -0.4 is 19.9 Å². The van der Waals surface area contributed by atoms with Crippen molar-refractivity contribution in [2.45, 2.75) is 26.8 Å². The molecule has 0 aliphatic carbocycles. The summed E-state index contributed by atoms with van der Waals surface area (Å²) in [6.07, 6.45) is 1.69. The molecule has 8 nitrogen and oxygen atoms in total. The molecular weight excluding hydrogens is 498 g/mol. The lowest BCUT2D eigenvalue weighted by Gasteiger charge is -2.18. The van der Waals surface area contributed by atoms with Crippen molar-refractivity contribution in [2.75, 3.05) is 6.61 Å². The SMILES string of the molecule is CCOC(=O)C1=C(C)[NH+]=c2s/c(=C/c3ccc(-c4cc(N=O)ccc4C)o3)c(=O)n2C1c1cccs1. The molecule has 0 amide bonds. The van der Waals surface area contributed by atoms with Crippen LogP contribution in [0.5, 0.6) is 0 Å². The minimum Gasteiger partial charge on any atom is -0.462 e. The van der Waals surface area contributed by atoms with Crippen molar-refractivity contribution >= 4 is 40.4 Å². The quantitative estimate of drug-likeness (QED) is 0.311. The van der Waals surface area contributed by atoms with Gasteiger partial charge in [-0.15, -0.1) is 16.2 Å². The molecule has 1 aromatic carbocycles. The molecule has 1 unspecified atom stereocenters. The average molecular weight is 521 g/mol.